The quantitative estimate of drug-likeness (QED) is 0.720. The molecule has 0 bridgehead atoms. The van der Waals surface area contributed by atoms with Crippen LogP contribution in [0.15, 0.2) is 22.6 Å². The van der Waals surface area contributed by atoms with Crippen molar-refractivity contribution in [2.24, 2.45) is 15.9 Å². The van der Waals surface area contributed by atoms with Crippen LogP contribution < -0.4 is 20.9 Å². The van der Waals surface area contributed by atoms with E-state index in [9.17, 15) is 13.2 Å². The summed E-state index contributed by atoms with van der Waals surface area (Å²) < 4.78 is 34.7. The molecule has 1 saturated heterocycles. The minimum absolute atomic E-state index is 0.120. The number of nitrogens with two attached hydrogens (primary N) is 2. The van der Waals surface area contributed by atoms with E-state index in [1.54, 1.807) is 23.1 Å². The van der Waals surface area contributed by atoms with Gasteiger partial charge in [-0.3, -0.25) is 4.72 Å². The number of nitrogens with one attached hydrogen (secondary N) is 1. The second-order valence-electron chi connectivity index (χ2n) is 5.72. The molecule has 1 aromatic carbocycles. The first-order valence-corrected chi connectivity index (χ1v) is 9.02. The minimum Gasteiger partial charge on any atom is -0.491 e. The second kappa shape index (κ2) is 6.19. The molecule has 3 rings (SSSR count). The highest BCUT2D eigenvalue weighted by atomic mass is 32.2. The molecule has 2 heterocycles. The first-order chi connectivity index (χ1) is 11.4. The summed E-state index contributed by atoms with van der Waals surface area (Å²) in [5, 5.41) is 0. The molecule has 0 spiro atoms. The number of carbonyl (C=O) groups is 1. The number of nitrogens with zero attached hydrogens (tertiary/aromatic N) is 2. The number of piperidine rings is 1. The van der Waals surface area contributed by atoms with Crippen molar-refractivity contribution in [3.05, 3.63) is 23.8 Å². The fourth-order valence-corrected chi connectivity index (χ4v) is 3.83. The van der Waals surface area contributed by atoms with Gasteiger partial charge >= 0.3 is 16.2 Å². The van der Waals surface area contributed by atoms with Crippen LogP contribution in [0.5, 0.6) is 5.75 Å². The number of fused-ring (bicyclic) bond motifs is 1. The Hall–Kier alpha value is -2.49. The first-order valence-electron chi connectivity index (χ1n) is 7.58. The highest BCUT2D eigenvalue weighted by molar-refractivity contribution is 7.91. The molecule has 0 aliphatic carbocycles. The summed E-state index contributed by atoms with van der Waals surface area (Å²) in [4.78, 5) is 13.1. The van der Waals surface area contributed by atoms with E-state index < -0.39 is 16.2 Å². The van der Waals surface area contributed by atoms with Crippen molar-refractivity contribution in [2.75, 3.05) is 17.9 Å². The van der Waals surface area contributed by atoms with Crippen molar-refractivity contribution in [1.29, 1.82) is 0 Å². The van der Waals surface area contributed by atoms with Crippen LogP contribution >= 0.6 is 0 Å². The molecular weight excluding hydrogens is 334 g/mol. The standard InChI is InChI=1S/C14H19N5O4S/c15-13-12-10(17-24(21,22)18-13)5-3-6-11(12)23-8-9-4-1-2-7-19(9)14(16)20/h3,5-6,9,17H,1-2,4,7-8H2,(H2,15,18)(H2,16,20). The van der Waals surface area contributed by atoms with Gasteiger partial charge in [0.2, 0.25) is 0 Å². The van der Waals surface area contributed by atoms with E-state index in [-0.39, 0.29) is 18.5 Å². The number of primary amides is 1. The molecule has 2 amide bonds. The lowest BCUT2D eigenvalue weighted by Crippen LogP contribution is -2.49. The Bertz CT molecular complexity index is 792. The molecule has 1 atom stereocenters. The smallest absolute Gasteiger partial charge is 0.344 e. The topological polar surface area (TPSA) is 140 Å². The number of amidine groups is 1. The third kappa shape index (κ3) is 3.23. The Labute approximate surface area is 139 Å². The summed E-state index contributed by atoms with van der Waals surface area (Å²) in [5.74, 6) is 0.279. The van der Waals surface area contributed by atoms with Crippen LogP contribution in [0.25, 0.3) is 0 Å². The highest BCUT2D eigenvalue weighted by Crippen LogP contribution is 2.31. The summed E-state index contributed by atoms with van der Waals surface area (Å²) in [6.45, 7) is 0.860. The summed E-state index contributed by atoms with van der Waals surface area (Å²) in [6.07, 6.45) is 2.71. The zero-order valence-corrected chi connectivity index (χ0v) is 13.8. The molecule has 9 nitrogen and oxygen atoms in total. The van der Waals surface area contributed by atoms with Crippen LogP contribution in [0.2, 0.25) is 0 Å². The van der Waals surface area contributed by atoms with E-state index >= 15 is 0 Å². The number of ether oxygens (including phenoxy) is 1. The normalized spacial score (nSPS) is 22.1. The number of rotatable bonds is 3. The Morgan fingerprint density at radius 2 is 2.21 bits per heavy atom. The van der Waals surface area contributed by atoms with Gasteiger partial charge in [0.05, 0.1) is 17.3 Å². The maximum atomic E-state index is 11.6. The van der Waals surface area contributed by atoms with Gasteiger partial charge in [-0.1, -0.05) is 6.07 Å². The lowest BCUT2D eigenvalue weighted by atomic mass is 10.0. The molecule has 0 aromatic heterocycles. The number of amides is 2. The third-order valence-corrected chi connectivity index (χ3v) is 5.00. The predicted molar refractivity (Wildman–Crippen MR) is 89.1 cm³/mol. The molecule has 2 aliphatic heterocycles. The van der Waals surface area contributed by atoms with Crippen molar-refractivity contribution < 1.29 is 17.9 Å². The minimum atomic E-state index is -3.83. The van der Waals surface area contributed by atoms with E-state index in [0.29, 0.717) is 23.5 Å². The average molecular weight is 353 g/mol. The number of anilines is 1. The lowest BCUT2D eigenvalue weighted by Gasteiger charge is -2.34. The zero-order chi connectivity index (χ0) is 17.3. The fourth-order valence-electron chi connectivity index (χ4n) is 2.99. The molecule has 0 saturated carbocycles. The predicted octanol–water partition coefficient (Wildman–Crippen LogP) is 0.374. The van der Waals surface area contributed by atoms with E-state index in [0.717, 1.165) is 19.3 Å². The van der Waals surface area contributed by atoms with Gasteiger partial charge < -0.3 is 21.1 Å². The van der Waals surface area contributed by atoms with Crippen LogP contribution in [-0.2, 0) is 10.2 Å². The van der Waals surface area contributed by atoms with Crippen LogP contribution in [0.4, 0.5) is 10.5 Å². The van der Waals surface area contributed by atoms with Crippen LogP contribution in [0, 0.1) is 0 Å². The Kier molecular flexibility index (Phi) is 4.22. The van der Waals surface area contributed by atoms with Crippen LogP contribution in [-0.4, -0.2) is 44.4 Å². The van der Waals surface area contributed by atoms with Crippen LogP contribution in [0.1, 0.15) is 24.8 Å². The van der Waals surface area contributed by atoms with Crippen molar-refractivity contribution in [3.63, 3.8) is 0 Å². The summed E-state index contributed by atoms with van der Waals surface area (Å²) in [5.41, 5.74) is 11.9. The van der Waals surface area contributed by atoms with Crippen LogP contribution in [0.3, 0.4) is 0 Å². The fraction of sp³-hybridized carbons (Fsp3) is 0.429. The summed E-state index contributed by atoms with van der Waals surface area (Å²) >= 11 is 0. The second-order valence-corrected chi connectivity index (χ2v) is 7.06. The molecule has 2 aliphatic rings. The number of urea groups is 1. The molecule has 130 valence electrons. The van der Waals surface area contributed by atoms with E-state index in [4.69, 9.17) is 16.2 Å². The van der Waals surface area contributed by atoms with Gasteiger partial charge in [-0.2, -0.15) is 8.42 Å². The third-order valence-electron chi connectivity index (χ3n) is 4.08. The molecular formula is C14H19N5O4S. The molecule has 10 heteroatoms. The van der Waals surface area contributed by atoms with Crippen molar-refractivity contribution >= 4 is 27.8 Å². The van der Waals surface area contributed by atoms with E-state index in [2.05, 4.69) is 9.12 Å². The number of carbonyl (C=O) groups excluding carboxylic acids is 1. The number of hydrogen-bond donors (Lipinski definition) is 3. The Morgan fingerprint density at radius 3 is 2.96 bits per heavy atom. The number of likely N-dealkylation sites (tertiary alicyclic amines) is 1. The molecule has 0 radical (unpaired) electrons. The largest absolute Gasteiger partial charge is 0.491 e. The maximum Gasteiger partial charge on any atom is 0.344 e. The van der Waals surface area contributed by atoms with Gasteiger partial charge in [0.1, 0.15) is 12.4 Å². The summed E-state index contributed by atoms with van der Waals surface area (Å²) in [6, 6.07) is 4.33. The molecule has 5 N–H and O–H groups in total. The monoisotopic (exact) mass is 353 g/mol. The van der Waals surface area contributed by atoms with Gasteiger partial charge in [0.15, 0.2) is 5.84 Å². The SMILES string of the molecule is NC(=O)N1CCCCC1COc1cccc2c1C(N)=NS(=O)(=O)N2. The van der Waals surface area contributed by atoms with E-state index in [1.807, 2.05) is 0 Å². The van der Waals surface area contributed by atoms with Gasteiger partial charge in [-0.15, -0.1) is 4.40 Å². The van der Waals surface area contributed by atoms with Gasteiger partial charge in [-0.05, 0) is 31.4 Å². The lowest BCUT2D eigenvalue weighted by molar-refractivity contribution is 0.122. The highest BCUT2D eigenvalue weighted by Gasteiger charge is 2.28. The first kappa shape index (κ1) is 16.4. The molecule has 1 aromatic rings. The van der Waals surface area contributed by atoms with Crippen molar-refractivity contribution in [3.8, 4) is 5.75 Å². The van der Waals surface area contributed by atoms with Crippen molar-refractivity contribution in [1.82, 2.24) is 4.90 Å². The van der Waals surface area contributed by atoms with E-state index in [1.165, 1.54) is 0 Å². The Balaban J connectivity index is 1.81. The maximum absolute atomic E-state index is 11.6. The average Bonchev–Trinajstić information content (AvgIpc) is 2.51. The van der Waals surface area contributed by atoms with Gasteiger partial charge in [-0.25, -0.2) is 4.79 Å². The number of hydrogen-bond acceptors (Lipinski definition) is 5. The van der Waals surface area contributed by atoms with Gasteiger partial charge in [0, 0.05) is 6.54 Å². The van der Waals surface area contributed by atoms with Gasteiger partial charge in [0.25, 0.3) is 0 Å². The zero-order valence-electron chi connectivity index (χ0n) is 12.9. The Morgan fingerprint density at radius 1 is 1.42 bits per heavy atom. The molecule has 24 heavy (non-hydrogen) atoms. The van der Waals surface area contributed by atoms with Crippen molar-refractivity contribution in [2.45, 2.75) is 25.3 Å². The number of benzene rings is 1. The molecule has 1 fully saturated rings. The molecule has 1 unspecified atom stereocenters. The summed E-state index contributed by atoms with van der Waals surface area (Å²) in [7, 11) is -3.83.